The fraction of sp³-hybridized carbons (Fsp3) is 0.667. The average Bonchev–Trinajstić information content (AvgIpc) is 2.63. The maximum absolute atomic E-state index is 11.2. The van der Waals surface area contributed by atoms with Gasteiger partial charge in [-0.15, -0.1) is 5.10 Å². The largest absolute Gasteiger partial charge is 0.360 e. The van der Waals surface area contributed by atoms with Gasteiger partial charge in [0, 0.05) is 35.4 Å². The van der Waals surface area contributed by atoms with E-state index in [2.05, 4.69) is 10.4 Å². The second-order valence-corrected chi connectivity index (χ2v) is 5.76. The van der Waals surface area contributed by atoms with Gasteiger partial charge in [-0.25, -0.2) is 0 Å². The molecule has 94 valence electrons. The van der Waals surface area contributed by atoms with Crippen molar-refractivity contribution in [1.29, 1.82) is 0 Å². The molecule has 1 saturated heterocycles. The van der Waals surface area contributed by atoms with Crippen LogP contribution < -0.4 is 5.32 Å². The first kappa shape index (κ1) is 12.0. The molecule has 7 nitrogen and oxygen atoms in total. The molecule has 0 bridgehead atoms. The predicted octanol–water partition coefficient (Wildman–Crippen LogP) is 0.651. The average molecular weight is 258 g/mol. The van der Waals surface area contributed by atoms with Gasteiger partial charge < -0.3 is 5.32 Å². The van der Waals surface area contributed by atoms with Crippen LogP contribution in [0.5, 0.6) is 0 Å². The van der Waals surface area contributed by atoms with Crippen LogP contribution in [-0.2, 0) is 17.8 Å². The molecule has 0 amide bonds. The van der Waals surface area contributed by atoms with Crippen LogP contribution in [0.25, 0.3) is 0 Å². The van der Waals surface area contributed by atoms with E-state index < -0.39 is 15.7 Å². The van der Waals surface area contributed by atoms with Crippen LogP contribution in [0.4, 0.5) is 11.5 Å². The van der Waals surface area contributed by atoms with Crippen molar-refractivity contribution < 1.29 is 9.13 Å². The van der Waals surface area contributed by atoms with E-state index in [1.54, 1.807) is 7.05 Å². The molecule has 0 radical (unpaired) electrons. The van der Waals surface area contributed by atoms with Crippen LogP contribution in [0, 0.1) is 10.1 Å². The van der Waals surface area contributed by atoms with Crippen LogP contribution in [0.15, 0.2) is 6.20 Å². The third-order valence-corrected chi connectivity index (χ3v) is 4.12. The molecule has 1 fully saturated rings. The number of nitrogens with zero attached hydrogens (tertiary/aromatic N) is 3. The third kappa shape index (κ3) is 2.82. The van der Waals surface area contributed by atoms with Crippen molar-refractivity contribution in [1.82, 2.24) is 9.78 Å². The number of aromatic nitrogens is 2. The van der Waals surface area contributed by atoms with Crippen molar-refractivity contribution in [3.05, 3.63) is 16.3 Å². The van der Waals surface area contributed by atoms with E-state index in [1.807, 2.05) is 0 Å². The molecule has 0 aromatic carbocycles. The van der Waals surface area contributed by atoms with Crippen molar-refractivity contribution in [2.45, 2.75) is 18.9 Å². The molecule has 1 N–H and O–H groups in total. The van der Waals surface area contributed by atoms with Gasteiger partial charge in [-0.3, -0.25) is 19.0 Å². The lowest BCUT2D eigenvalue weighted by atomic mass is 10.1. The summed E-state index contributed by atoms with van der Waals surface area (Å²) in [5.41, 5.74) is -0.0146. The molecule has 1 aromatic rings. The number of nitro groups is 1. The smallest absolute Gasteiger partial charge is 0.330 e. The number of aryl methyl sites for hydroxylation is 1. The highest BCUT2D eigenvalue weighted by molar-refractivity contribution is 7.85. The topological polar surface area (TPSA) is 90.1 Å². The Labute approximate surface area is 101 Å². The fourth-order valence-electron chi connectivity index (χ4n) is 1.84. The zero-order valence-corrected chi connectivity index (χ0v) is 10.3. The van der Waals surface area contributed by atoms with Crippen molar-refractivity contribution in [2.24, 2.45) is 7.05 Å². The lowest BCUT2D eigenvalue weighted by molar-refractivity contribution is -0.384. The summed E-state index contributed by atoms with van der Waals surface area (Å²) in [6, 6.07) is 0.126. The Balaban J connectivity index is 2.08. The number of rotatable bonds is 3. The van der Waals surface area contributed by atoms with Crippen molar-refractivity contribution in [3.63, 3.8) is 0 Å². The summed E-state index contributed by atoms with van der Waals surface area (Å²) in [5, 5.41) is 17.9. The molecule has 0 saturated carbocycles. The van der Waals surface area contributed by atoms with E-state index in [-0.39, 0.29) is 11.7 Å². The first-order valence-electron chi connectivity index (χ1n) is 5.36. The molecule has 2 rings (SSSR count). The summed E-state index contributed by atoms with van der Waals surface area (Å²) in [6.45, 7) is 0. The highest BCUT2D eigenvalue weighted by atomic mass is 32.2. The van der Waals surface area contributed by atoms with Crippen molar-refractivity contribution in [3.8, 4) is 0 Å². The standard InChI is InChI=1S/C9H14N4O3S/c1-12-6-8(13(14)15)9(11-12)10-7-2-4-17(16)5-3-7/h6-7H,2-5H2,1H3,(H,10,11). The van der Waals surface area contributed by atoms with Crippen molar-refractivity contribution in [2.75, 3.05) is 16.8 Å². The van der Waals surface area contributed by atoms with E-state index in [9.17, 15) is 14.3 Å². The Bertz CT molecular complexity index is 449. The molecule has 1 aliphatic heterocycles. The summed E-state index contributed by atoms with van der Waals surface area (Å²) in [5.74, 6) is 1.60. The minimum atomic E-state index is -0.727. The zero-order chi connectivity index (χ0) is 12.4. The van der Waals surface area contributed by atoms with E-state index in [0.717, 1.165) is 12.8 Å². The third-order valence-electron chi connectivity index (χ3n) is 2.73. The molecule has 0 atom stereocenters. The number of hydrogen-bond donors (Lipinski definition) is 1. The summed E-state index contributed by atoms with van der Waals surface area (Å²) < 4.78 is 12.6. The van der Waals surface area contributed by atoms with Gasteiger partial charge in [0.25, 0.3) is 0 Å². The number of nitrogens with one attached hydrogen (secondary N) is 1. The molecular weight excluding hydrogens is 244 g/mol. The Morgan fingerprint density at radius 3 is 2.82 bits per heavy atom. The Morgan fingerprint density at radius 1 is 1.59 bits per heavy atom. The first-order chi connectivity index (χ1) is 8.06. The summed E-state index contributed by atoms with van der Waals surface area (Å²) >= 11 is 0. The Morgan fingerprint density at radius 2 is 2.24 bits per heavy atom. The zero-order valence-electron chi connectivity index (χ0n) is 9.46. The second kappa shape index (κ2) is 4.82. The van der Waals surface area contributed by atoms with Gasteiger partial charge in [0.2, 0.25) is 5.82 Å². The van der Waals surface area contributed by atoms with Gasteiger partial charge >= 0.3 is 5.69 Å². The van der Waals surface area contributed by atoms with Gasteiger partial charge in [-0.05, 0) is 12.8 Å². The van der Waals surface area contributed by atoms with Crippen LogP contribution in [0.3, 0.4) is 0 Å². The van der Waals surface area contributed by atoms with Gasteiger partial charge in [-0.2, -0.15) is 0 Å². The molecule has 0 aliphatic carbocycles. The van der Waals surface area contributed by atoms with Gasteiger partial charge in [-0.1, -0.05) is 0 Å². The van der Waals surface area contributed by atoms with Gasteiger partial charge in [0.15, 0.2) is 0 Å². The Hall–Kier alpha value is -1.44. The maximum atomic E-state index is 11.2. The van der Waals surface area contributed by atoms with Gasteiger partial charge in [0.05, 0.1) is 4.92 Å². The minimum absolute atomic E-state index is 0.0146. The monoisotopic (exact) mass is 258 g/mol. The van der Waals surface area contributed by atoms with E-state index >= 15 is 0 Å². The molecule has 2 heterocycles. The highest BCUT2D eigenvalue weighted by Crippen LogP contribution is 2.24. The summed E-state index contributed by atoms with van der Waals surface area (Å²) in [4.78, 5) is 10.3. The lowest BCUT2D eigenvalue weighted by Gasteiger charge is -2.21. The molecule has 0 spiro atoms. The first-order valence-corrected chi connectivity index (χ1v) is 6.84. The molecule has 1 aliphatic rings. The van der Waals surface area contributed by atoms with Crippen LogP contribution >= 0.6 is 0 Å². The predicted molar refractivity (Wildman–Crippen MR) is 64.4 cm³/mol. The number of hydrogen-bond acceptors (Lipinski definition) is 5. The van der Waals surface area contributed by atoms with E-state index in [0.29, 0.717) is 17.3 Å². The quantitative estimate of drug-likeness (QED) is 0.635. The minimum Gasteiger partial charge on any atom is -0.360 e. The molecule has 17 heavy (non-hydrogen) atoms. The van der Waals surface area contributed by atoms with Gasteiger partial charge in [0.1, 0.15) is 6.20 Å². The molecular formula is C9H14N4O3S. The highest BCUT2D eigenvalue weighted by Gasteiger charge is 2.23. The van der Waals surface area contributed by atoms with Crippen LogP contribution in [-0.4, -0.2) is 36.5 Å². The van der Waals surface area contributed by atoms with E-state index in [4.69, 9.17) is 0 Å². The van der Waals surface area contributed by atoms with E-state index in [1.165, 1.54) is 10.9 Å². The SMILES string of the molecule is Cn1cc([N+](=O)[O-])c(NC2CCS(=O)CC2)n1. The fourth-order valence-corrected chi connectivity index (χ4v) is 3.14. The molecule has 1 aromatic heterocycles. The maximum Gasteiger partial charge on any atom is 0.330 e. The van der Waals surface area contributed by atoms with Crippen molar-refractivity contribution >= 4 is 22.3 Å². The lowest BCUT2D eigenvalue weighted by Crippen LogP contribution is -2.29. The second-order valence-electron chi connectivity index (χ2n) is 4.06. The number of anilines is 1. The normalized spacial score (nSPS) is 24.5. The summed E-state index contributed by atoms with van der Waals surface area (Å²) in [7, 11) is 0.920. The van der Waals surface area contributed by atoms with Crippen LogP contribution in [0.2, 0.25) is 0 Å². The molecule has 0 unspecified atom stereocenters. The summed E-state index contributed by atoms with van der Waals surface area (Å²) in [6.07, 6.45) is 2.91. The molecule has 8 heteroatoms. The Kier molecular flexibility index (Phi) is 3.41. The van der Waals surface area contributed by atoms with Crippen LogP contribution in [0.1, 0.15) is 12.8 Å².